The summed E-state index contributed by atoms with van der Waals surface area (Å²) >= 11 is 0. The topological polar surface area (TPSA) is 85.7 Å². The summed E-state index contributed by atoms with van der Waals surface area (Å²) in [7, 11) is 1.74. The van der Waals surface area contributed by atoms with Crippen molar-refractivity contribution in [1.82, 2.24) is 14.7 Å². The number of aromatic nitrogens is 2. The molecule has 0 atom stereocenters. The highest BCUT2D eigenvalue weighted by Crippen LogP contribution is 2.28. The molecule has 0 aliphatic heterocycles. The summed E-state index contributed by atoms with van der Waals surface area (Å²) in [5.74, 6) is 1.51. The number of nitrogens with zero attached hydrogens (tertiary/aromatic N) is 3. The molecule has 190 valence electrons. The van der Waals surface area contributed by atoms with Gasteiger partial charge in [-0.2, -0.15) is 5.10 Å². The summed E-state index contributed by atoms with van der Waals surface area (Å²) in [6, 6.07) is 17.6. The Labute approximate surface area is 212 Å². The molecule has 1 aliphatic rings. The summed E-state index contributed by atoms with van der Waals surface area (Å²) in [5, 5.41) is 7.18. The summed E-state index contributed by atoms with van der Waals surface area (Å²) in [4.78, 5) is 26.9. The fourth-order valence-electron chi connectivity index (χ4n) is 4.21. The molecule has 4 rings (SSSR count). The van der Waals surface area contributed by atoms with Gasteiger partial charge in [0.2, 0.25) is 11.8 Å². The second-order valence-corrected chi connectivity index (χ2v) is 9.30. The van der Waals surface area contributed by atoms with Crippen molar-refractivity contribution in [3.05, 3.63) is 72.6 Å². The third kappa shape index (κ3) is 7.34. The number of benzene rings is 2. The number of nitrogens with one attached hydrogen (secondary N) is 1. The molecular formula is C28H34N4O4. The first kappa shape index (κ1) is 25.3. The van der Waals surface area contributed by atoms with E-state index in [0.717, 1.165) is 37.2 Å². The zero-order valence-corrected chi connectivity index (χ0v) is 20.9. The Kier molecular flexibility index (Phi) is 8.60. The zero-order chi connectivity index (χ0) is 25.3. The number of para-hydroxylation sites is 1. The Morgan fingerprint density at radius 1 is 1.03 bits per heavy atom. The van der Waals surface area contributed by atoms with Crippen LogP contribution < -0.4 is 14.8 Å². The van der Waals surface area contributed by atoms with E-state index in [2.05, 4.69) is 10.4 Å². The number of amides is 2. The number of hydrogen-bond donors (Lipinski definition) is 1. The smallest absolute Gasteiger partial charge is 0.244 e. The highest BCUT2D eigenvalue weighted by molar-refractivity contribution is 5.92. The standard InChI is InChI=1S/C28H34N4O4/c1-21-8-12-24(13-9-21)35-17-16-31(2)27(33)20-32-19-23(18-29-32)30-28(34)22-10-14-26(15-11-22)36-25-6-4-3-5-7-25/h3-9,12-13,18-19,22,26H,10-11,14-17,20H2,1-2H3,(H,30,34). The van der Waals surface area contributed by atoms with Gasteiger partial charge in [-0.1, -0.05) is 35.9 Å². The molecule has 2 amide bonds. The number of hydrogen-bond acceptors (Lipinski definition) is 5. The van der Waals surface area contributed by atoms with Crippen molar-refractivity contribution >= 4 is 17.5 Å². The first-order valence-corrected chi connectivity index (χ1v) is 12.4. The van der Waals surface area contributed by atoms with Crippen LogP contribution in [0.5, 0.6) is 11.5 Å². The minimum absolute atomic E-state index is 0.00981. The highest BCUT2D eigenvalue weighted by atomic mass is 16.5. The molecule has 1 heterocycles. The highest BCUT2D eigenvalue weighted by Gasteiger charge is 2.27. The summed E-state index contributed by atoms with van der Waals surface area (Å²) in [5.41, 5.74) is 1.77. The SMILES string of the molecule is Cc1ccc(OCCN(C)C(=O)Cn2cc(NC(=O)C3CCC(Oc4ccccc4)CC3)cn2)cc1. The molecule has 0 saturated heterocycles. The quantitative estimate of drug-likeness (QED) is 0.458. The van der Waals surface area contributed by atoms with Crippen molar-refractivity contribution in [1.29, 1.82) is 0 Å². The molecule has 1 fully saturated rings. The van der Waals surface area contributed by atoms with Gasteiger partial charge in [0.25, 0.3) is 0 Å². The molecular weight excluding hydrogens is 456 g/mol. The van der Waals surface area contributed by atoms with Crippen LogP contribution in [0.15, 0.2) is 67.0 Å². The summed E-state index contributed by atoms with van der Waals surface area (Å²) < 4.78 is 13.3. The van der Waals surface area contributed by atoms with Crippen LogP contribution in [-0.2, 0) is 16.1 Å². The van der Waals surface area contributed by atoms with Gasteiger partial charge in [-0.25, -0.2) is 0 Å². The largest absolute Gasteiger partial charge is 0.492 e. The number of likely N-dealkylation sites (N-methyl/N-ethyl adjacent to an activating group) is 1. The number of ether oxygens (including phenoxy) is 2. The lowest BCUT2D eigenvalue weighted by molar-refractivity contribution is -0.131. The lowest BCUT2D eigenvalue weighted by Crippen LogP contribution is -2.33. The average molecular weight is 491 g/mol. The predicted octanol–water partition coefficient (Wildman–Crippen LogP) is 4.31. The number of anilines is 1. The molecule has 3 aromatic rings. The first-order valence-electron chi connectivity index (χ1n) is 12.4. The lowest BCUT2D eigenvalue weighted by Gasteiger charge is -2.28. The van der Waals surface area contributed by atoms with Gasteiger partial charge in [0.15, 0.2) is 0 Å². The third-order valence-electron chi connectivity index (χ3n) is 6.43. The number of aryl methyl sites for hydroxylation is 1. The van der Waals surface area contributed by atoms with Crippen LogP contribution in [-0.4, -0.2) is 52.8 Å². The Balaban J connectivity index is 1.17. The van der Waals surface area contributed by atoms with E-state index in [1.807, 2.05) is 61.5 Å². The zero-order valence-electron chi connectivity index (χ0n) is 20.9. The van der Waals surface area contributed by atoms with Gasteiger partial charge in [-0.15, -0.1) is 0 Å². The van der Waals surface area contributed by atoms with E-state index in [0.29, 0.717) is 18.8 Å². The predicted molar refractivity (Wildman–Crippen MR) is 138 cm³/mol. The van der Waals surface area contributed by atoms with Gasteiger partial charge in [0.1, 0.15) is 24.7 Å². The van der Waals surface area contributed by atoms with Crippen molar-refractivity contribution in [3.8, 4) is 11.5 Å². The van der Waals surface area contributed by atoms with E-state index in [9.17, 15) is 9.59 Å². The summed E-state index contributed by atoms with van der Waals surface area (Å²) in [6.07, 6.45) is 6.68. The molecule has 1 saturated carbocycles. The molecule has 0 bridgehead atoms. The molecule has 2 aromatic carbocycles. The van der Waals surface area contributed by atoms with Crippen LogP contribution >= 0.6 is 0 Å². The minimum Gasteiger partial charge on any atom is -0.492 e. The van der Waals surface area contributed by atoms with Gasteiger partial charge >= 0.3 is 0 Å². The monoisotopic (exact) mass is 490 g/mol. The molecule has 8 nitrogen and oxygen atoms in total. The molecule has 8 heteroatoms. The van der Waals surface area contributed by atoms with E-state index >= 15 is 0 Å². The van der Waals surface area contributed by atoms with E-state index < -0.39 is 0 Å². The lowest BCUT2D eigenvalue weighted by atomic mass is 9.86. The van der Waals surface area contributed by atoms with Crippen LogP contribution in [0.1, 0.15) is 31.2 Å². The Morgan fingerprint density at radius 3 is 2.47 bits per heavy atom. The normalized spacial score (nSPS) is 17.3. The van der Waals surface area contributed by atoms with Crippen molar-refractivity contribution in [2.75, 3.05) is 25.5 Å². The van der Waals surface area contributed by atoms with E-state index in [4.69, 9.17) is 9.47 Å². The molecule has 1 aromatic heterocycles. The van der Waals surface area contributed by atoms with Gasteiger partial charge in [0.05, 0.1) is 24.5 Å². The van der Waals surface area contributed by atoms with Gasteiger partial charge in [-0.3, -0.25) is 14.3 Å². The second-order valence-electron chi connectivity index (χ2n) is 9.30. The maximum Gasteiger partial charge on any atom is 0.244 e. The van der Waals surface area contributed by atoms with Crippen LogP contribution in [0.25, 0.3) is 0 Å². The van der Waals surface area contributed by atoms with E-state index in [-0.39, 0.29) is 30.4 Å². The molecule has 36 heavy (non-hydrogen) atoms. The van der Waals surface area contributed by atoms with Crippen LogP contribution in [0.4, 0.5) is 5.69 Å². The molecule has 0 radical (unpaired) electrons. The fraction of sp³-hybridized carbons (Fsp3) is 0.393. The Bertz CT molecular complexity index is 1120. The maximum atomic E-state index is 12.7. The van der Waals surface area contributed by atoms with Gasteiger partial charge in [0, 0.05) is 19.2 Å². The average Bonchev–Trinajstić information content (AvgIpc) is 3.32. The summed E-state index contributed by atoms with van der Waals surface area (Å²) in [6.45, 7) is 2.99. The van der Waals surface area contributed by atoms with Crippen LogP contribution in [0.3, 0.4) is 0 Å². The van der Waals surface area contributed by atoms with Crippen molar-refractivity contribution in [2.45, 2.75) is 45.3 Å². The van der Waals surface area contributed by atoms with Crippen LogP contribution in [0.2, 0.25) is 0 Å². The van der Waals surface area contributed by atoms with Crippen molar-refractivity contribution in [3.63, 3.8) is 0 Å². The first-order chi connectivity index (χ1) is 17.5. The third-order valence-corrected chi connectivity index (χ3v) is 6.43. The Morgan fingerprint density at radius 2 is 1.75 bits per heavy atom. The van der Waals surface area contributed by atoms with Crippen LogP contribution in [0, 0.1) is 12.8 Å². The van der Waals surface area contributed by atoms with Crippen molar-refractivity contribution < 1.29 is 19.1 Å². The molecule has 0 spiro atoms. The minimum atomic E-state index is -0.0831. The number of carbonyl (C=O) groups excluding carboxylic acids is 2. The second kappa shape index (κ2) is 12.2. The number of rotatable bonds is 10. The van der Waals surface area contributed by atoms with Gasteiger partial charge < -0.3 is 19.7 Å². The number of carbonyl (C=O) groups is 2. The molecule has 0 unspecified atom stereocenters. The van der Waals surface area contributed by atoms with E-state index in [1.54, 1.807) is 29.0 Å². The van der Waals surface area contributed by atoms with Crippen molar-refractivity contribution in [2.24, 2.45) is 5.92 Å². The fourth-order valence-corrected chi connectivity index (χ4v) is 4.21. The Hall–Kier alpha value is -3.81. The van der Waals surface area contributed by atoms with Gasteiger partial charge in [-0.05, 0) is 56.9 Å². The molecule has 1 aliphatic carbocycles. The van der Waals surface area contributed by atoms with E-state index in [1.165, 1.54) is 5.56 Å². The molecule has 1 N–H and O–H groups in total. The maximum absolute atomic E-state index is 12.7.